The van der Waals surface area contributed by atoms with Crippen molar-refractivity contribution >= 4 is 5.69 Å². The van der Waals surface area contributed by atoms with Gasteiger partial charge in [0.2, 0.25) is 0 Å². The monoisotopic (exact) mass is 235 g/mol. The van der Waals surface area contributed by atoms with E-state index in [2.05, 4.69) is 24.8 Å². The Balaban J connectivity index is 2.41. The predicted octanol–water partition coefficient (Wildman–Crippen LogP) is 3.08. The molecule has 1 aliphatic heterocycles. The standard InChI is InChI=1S/C14H21NO2/c1-10-5-6-11(2)15(10)13-9-12(16-3)7-8-14(13)17-4/h7-11H,5-6H2,1-4H3/t10-,11-/m0/s1. The van der Waals surface area contributed by atoms with E-state index < -0.39 is 0 Å². The summed E-state index contributed by atoms with van der Waals surface area (Å²) in [6.45, 7) is 4.53. The molecule has 0 aromatic heterocycles. The molecule has 1 aliphatic rings. The second-order valence-electron chi connectivity index (χ2n) is 4.72. The van der Waals surface area contributed by atoms with E-state index in [9.17, 15) is 0 Å². The first kappa shape index (κ1) is 12.1. The third-order valence-electron chi connectivity index (χ3n) is 3.62. The molecular weight excluding hydrogens is 214 g/mol. The fraction of sp³-hybridized carbons (Fsp3) is 0.571. The van der Waals surface area contributed by atoms with E-state index >= 15 is 0 Å². The van der Waals surface area contributed by atoms with Gasteiger partial charge in [0.15, 0.2) is 0 Å². The predicted molar refractivity (Wildman–Crippen MR) is 70.2 cm³/mol. The van der Waals surface area contributed by atoms with Gasteiger partial charge in [-0.25, -0.2) is 0 Å². The van der Waals surface area contributed by atoms with Crippen LogP contribution in [0.4, 0.5) is 5.69 Å². The summed E-state index contributed by atoms with van der Waals surface area (Å²) in [7, 11) is 3.42. The molecule has 17 heavy (non-hydrogen) atoms. The van der Waals surface area contributed by atoms with Crippen LogP contribution in [0.15, 0.2) is 18.2 Å². The Labute approximate surface area is 103 Å². The van der Waals surface area contributed by atoms with Crippen molar-refractivity contribution < 1.29 is 9.47 Å². The van der Waals surface area contributed by atoms with Crippen molar-refractivity contribution in [2.75, 3.05) is 19.1 Å². The molecule has 1 heterocycles. The van der Waals surface area contributed by atoms with E-state index in [1.165, 1.54) is 12.8 Å². The summed E-state index contributed by atoms with van der Waals surface area (Å²) in [5.41, 5.74) is 1.14. The molecule has 0 N–H and O–H groups in total. The SMILES string of the molecule is COc1ccc(OC)c(N2[C@@H](C)CC[C@@H]2C)c1. The fourth-order valence-corrected chi connectivity index (χ4v) is 2.67. The van der Waals surface area contributed by atoms with Crippen molar-refractivity contribution in [3.05, 3.63) is 18.2 Å². The van der Waals surface area contributed by atoms with Gasteiger partial charge < -0.3 is 14.4 Å². The van der Waals surface area contributed by atoms with Gasteiger partial charge in [0.25, 0.3) is 0 Å². The average molecular weight is 235 g/mol. The van der Waals surface area contributed by atoms with Crippen LogP contribution in [-0.4, -0.2) is 26.3 Å². The van der Waals surface area contributed by atoms with Crippen LogP contribution in [0.1, 0.15) is 26.7 Å². The number of nitrogens with zero attached hydrogens (tertiary/aromatic N) is 1. The topological polar surface area (TPSA) is 21.7 Å². The molecule has 1 fully saturated rings. The van der Waals surface area contributed by atoms with Gasteiger partial charge in [-0.2, -0.15) is 0 Å². The largest absolute Gasteiger partial charge is 0.497 e. The average Bonchev–Trinajstić information content (AvgIpc) is 2.68. The van der Waals surface area contributed by atoms with Crippen LogP contribution in [0, 0.1) is 0 Å². The highest BCUT2D eigenvalue weighted by atomic mass is 16.5. The normalized spacial score (nSPS) is 23.9. The maximum absolute atomic E-state index is 5.46. The van der Waals surface area contributed by atoms with Crippen molar-refractivity contribution in [2.24, 2.45) is 0 Å². The molecule has 0 unspecified atom stereocenters. The molecule has 0 radical (unpaired) electrons. The maximum atomic E-state index is 5.46. The number of methoxy groups -OCH3 is 2. The van der Waals surface area contributed by atoms with Crippen LogP contribution in [-0.2, 0) is 0 Å². The van der Waals surface area contributed by atoms with Gasteiger partial charge in [-0.1, -0.05) is 0 Å². The first-order valence-electron chi connectivity index (χ1n) is 6.17. The van der Waals surface area contributed by atoms with Crippen molar-refractivity contribution in [1.82, 2.24) is 0 Å². The van der Waals surface area contributed by atoms with Crippen molar-refractivity contribution in [2.45, 2.75) is 38.8 Å². The number of ether oxygens (including phenoxy) is 2. The Kier molecular flexibility index (Phi) is 3.46. The number of benzene rings is 1. The number of hydrogen-bond acceptors (Lipinski definition) is 3. The number of hydrogen-bond donors (Lipinski definition) is 0. The Hall–Kier alpha value is -1.38. The second-order valence-corrected chi connectivity index (χ2v) is 4.72. The quantitative estimate of drug-likeness (QED) is 0.803. The summed E-state index contributed by atoms with van der Waals surface area (Å²) in [4.78, 5) is 2.43. The lowest BCUT2D eigenvalue weighted by Crippen LogP contribution is -2.32. The van der Waals surface area contributed by atoms with Crippen molar-refractivity contribution in [1.29, 1.82) is 0 Å². The minimum absolute atomic E-state index is 0.561. The third kappa shape index (κ3) is 2.19. The lowest BCUT2D eigenvalue weighted by Gasteiger charge is -2.30. The molecule has 0 saturated carbocycles. The molecule has 94 valence electrons. The molecule has 3 nitrogen and oxygen atoms in total. The van der Waals surface area contributed by atoms with Gasteiger partial charge in [0.1, 0.15) is 11.5 Å². The molecule has 1 saturated heterocycles. The Morgan fingerprint density at radius 1 is 1.06 bits per heavy atom. The van der Waals surface area contributed by atoms with E-state index in [1.807, 2.05) is 12.1 Å². The first-order chi connectivity index (χ1) is 8.17. The van der Waals surface area contributed by atoms with E-state index in [1.54, 1.807) is 14.2 Å². The molecule has 1 aromatic rings. The molecule has 3 heteroatoms. The zero-order chi connectivity index (χ0) is 12.4. The second kappa shape index (κ2) is 4.86. The minimum Gasteiger partial charge on any atom is -0.497 e. The molecule has 2 atom stereocenters. The Morgan fingerprint density at radius 3 is 2.24 bits per heavy atom. The molecule has 0 bridgehead atoms. The molecule has 0 amide bonds. The minimum atomic E-state index is 0.561. The van der Waals surface area contributed by atoms with Crippen LogP contribution >= 0.6 is 0 Å². The highest BCUT2D eigenvalue weighted by Crippen LogP contribution is 2.38. The Morgan fingerprint density at radius 2 is 1.71 bits per heavy atom. The van der Waals surface area contributed by atoms with Crippen LogP contribution in [0.3, 0.4) is 0 Å². The highest BCUT2D eigenvalue weighted by Gasteiger charge is 2.29. The van der Waals surface area contributed by atoms with Gasteiger partial charge in [-0.3, -0.25) is 0 Å². The Bertz CT molecular complexity index is 382. The fourth-order valence-electron chi connectivity index (χ4n) is 2.67. The van der Waals surface area contributed by atoms with E-state index in [4.69, 9.17) is 9.47 Å². The summed E-state index contributed by atoms with van der Waals surface area (Å²) in [6.07, 6.45) is 2.48. The summed E-state index contributed by atoms with van der Waals surface area (Å²) < 4.78 is 10.8. The number of rotatable bonds is 3. The van der Waals surface area contributed by atoms with Crippen molar-refractivity contribution in [3.8, 4) is 11.5 Å². The smallest absolute Gasteiger partial charge is 0.142 e. The number of anilines is 1. The zero-order valence-corrected chi connectivity index (χ0v) is 11.1. The first-order valence-corrected chi connectivity index (χ1v) is 6.17. The van der Waals surface area contributed by atoms with Gasteiger partial charge in [-0.15, -0.1) is 0 Å². The molecular formula is C14H21NO2. The van der Waals surface area contributed by atoms with Crippen LogP contribution in [0.25, 0.3) is 0 Å². The van der Waals surface area contributed by atoms with Crippen LogP contribution < -0.4 is 14.4 Å². The van der Waals surface area contributed by atoms with E-state index in [0.29, 0.717) is 12.1 Å². The van der Waals surface area contributed by atoms with Crippen LogP contribution in [0.2, 0.25) is 0 Å². The molecule has 0 spiro atoms. The molecule has 0 aliphatic carbocycles. The van der Waals surface area contributed by atoms with Crippen LogP contribution in [0.5, 0.6) is 11.5 Å². The lowest BCUT2D eigenvalue weighted by atomic mass is 10.2. The van der Waals surface area contributed by atoms with Gasteiger partial charge in [0, 0.05) is 18.2 Å². The molecule has 2 rings (SSSR count). The third-order valence-corrected chi connectivity index (χ3v) is 3.62. The molecule has 1 aromatic carbocycles. The van der Waals surface area contributed by atoms with E-state index in [-0.39, 0.29) is 0 Å². The summed E-state index contributed by atoms with van der Waals surface area (Å²) >= 11 is 0. The lowest BCUT2D eigenvalue weighted by molar-refractivity contribution is 0.402. The summed E-state index contributed by atoms with van der Waals surface area (Å²) in [5.74, 6) is 1.80. The zero-order valence-electron chi connectivity index (χ0n) is 11.1. The highest BCUT2D eigenvalue weighted by molar-refractivity contribution is 5.63. The van der Waals surface area contributed by atoms with E-state index in [0.717, 1.165) is 17.2 Å². The van der Waals surface area contributed by atoms with Crippen molar-refractivity contribution in [3.63, 3.8) is 0 Å². The van der Waals surface area contributed by atoms with Gasteiger partial charge in [-0.05, 0) is 38.8 Å². The maximum Gasteiger partial charge on any atom is 0.142 e. The summed E-state index contributed by atoms with van der Waals surface area (Å²) in [6, 6.07) is 7.11. The van der Waals surface area contributed by atoms with Gasteiger partial charge >= 0.3 is 0 Å². The summed E-state index contributed by atoms with van der Waals surface area (Å²) in [5, 5.41) is 0. The van der Waals surface area contributed by atoms with Gasteiger partial charge in [0.05, 0.1) is 19.9 Å².